The van der Waals surface area contributed by atoms with Crippen LogP contribution >= 0.6 is 11.3 Å². The van der Waals surface area contributed by atoms with Crippen molar-refractivity contribution in [2.75, 3.05) is 12.4 Å². The summed E-state index contributed by atoms with van der Waals surface area (Å²) in [7, 11) is 1.56. The number of carbonyl (C=O) groups is 2. The number of thiazole rings is 1. The van der Waals surface area contributed by atoms with Crippen LogP contribution in [0.4, 0.5) is 10.8 Å². The Bertz CT molecular complexity index is 1170. The largest absolute Gasteiger partial charge is 0.497 e. The van der Waals surface area contributed by atoms with E-state index in [1.807, 2.05) is 0 Å². The molecule has 1 aromatic heterocycles. The Labute approximate surface area is 187 Å². The van der Waals surface area contributed by atoms with Gasteiger partial charge in [-0.15, -0.1) is 11.3 Å². The van der Waals surface area contributed by atoms with Crippen molar-refractivity contribution in [1.82, 2.24) is 10.3 Å². The molecular weight excluding hydrogens is 432 g/mol. The number of hydrogen-bond acceptors (Lipinski definition) is 7. The van der Waals surface area contributed by atoms with Gasteiger partial charge in [0.15, 0.2) is 5.13 Å². The highest BCUT2D eigenvalue weighted by atomic mass is 32.1. The molecule has 0 aliphatic rings. The highest BCUT2D eigenvalue weighted by Gasteiger charge is 2.14. The Morgan fingerprint density at radius 3 is 2.59 bits per heavy atom. The van der Waals surface area contributed by atoms with Crippen molar-refractivity contribution in [1.29, 1.82) is 0 Å². The molecule has 10 heteroatoms. The van der Waals surface area contributed by atoms with Gasteiger partial charge in [0.05, 0.1) is 12.0 Å². The van der Waals surface area contributed by atoms with Crippen molar-refractivity contribution in [2.45, 2.75) is 0 Å². The molecule has 0 saturated carbocycles. The van der Waals surface area contributed by atoms with Crippen molar-refractivity contribution >= 4 is 46.1 Å². The molecule has 2 aromatic carbocycles. The third-order valence-corrected chi connectivity index (χ3v) is 4.78. The maximum Gasteiger partial charge on any atom is 0.273 e. The number of rotatable bonds is 8. The number of non-ortho nitro benzene ring substituents is 1. The maximum absolute atomic E-state index is 12.7. The molecule has 0 spiro atoms. The second-order valence-electron chi connectivity index (χ2n) is 6.30. The van der Waals surface area contributed by atoms with Crippen molar-refractivity contribution in [2.24, 2.45) is 0 Å². The fraction of sp³-hybridized carbons (Fsp3) is 0.0455. The van der Waals surface area contributed by atoms with E-state index in [0.29, 0.717) is 16.4 Å². The van der Waals surface area contributed by atoms with Gasteiger partial charge in [-0.25, -0.2) is 4.98 Å². The summed E-state index contributed by atoms with van der Waals surface area (Å²) >= 11 is 1.21. The summed E-state index contributed by atoms with van der Waals surface area (Å²) in [6, 6.07) is 12.8. The fourth-order valence-electron chi connectivity index (χ4n) is 2.56. The molecule has 0 bridgehead atoms. The molecule has 32 heavy (non-hydrogen) atoms. The van der Waals surface area contributed by atoms with E-state index >= 15 is 0 Å². The fourth-order valence-corrected chi connectivity index (χ4v) is 3.09. The number of benzene rings is 2. The predicted molar refractivity (Wildman–Crippen MR) is 122 cm³/mol. The zero-order valence-corrected chi connectivity index (χ0v) is 17.7. The Kier molecular flexibility index (Phi) is 7.44. The molecule has 0 aliphatic carbocycles. The number of aromatic nitrogens is 1. The lowest BCUT2D eigenvalue weighted by Gasteiger charge is -2.08. The van der Waals surface area contributed by atoms with Crippen molar-refractivity contribution in [3.05, 3.63) is 93.1 Å². The lowest BCUT2D eigenvalue weighted by atomic mass is 10.1. The topological polar surface area (TPSA) is 123 Å². The molecule has 9 nitrogen and oxygen atoms in total. The number of nitrogens with zero attached hydrogens (tertiary/aromatic N) is 2. The highest BCUT2D eigenvalue weighted by molar-refractivity contribution is 7.13. The van der Waals surface area contributed by atoms with E-state index in [1.165, 1.54) is 47.9 Å². The van der Waals surface area contributed by atoms with Gasteiger partial charge in [-0.2, -0.15) is 0 Å². The minimum Gasteiger partial charge on any atom is -0.497 e. The third kappa shape index (κ3) is 6.34. The van der Waals surface area contributed by atoms with Crippen LogP contribution in [0.3, 0.4) is 0 Å². The Balaban J connectivity index is 1.81. The van der Waals surface area contributed by atoms with Crippen LogP contribution in [0.1, 0.15) is 11.1 Å². The number of nitrogens with one attached hydrogen (secondary N) is 2. The quantitative estimate of drug-likeness (QED) is 0.305. The molecular formula is C22H18N4O5S. The van der Waals surface area contributed by atoms with Crippen molar-refractivity contribution in [3.8, 4) is 5.75 Å². The van der Waals surface area contributed by atoms with Gasteiger partial charge in [0.2, 0.25) is 5.91 Å². The first-order chi connectivity index (χ1) is 15.4. The lowest BCUT2D eigenvalue weighted by Crippen LogP contribution is -2.29. The average molecular weight is 450 g/mol. The first kappa shape index (κ1) is 22.4. The molecule has 2 amide bonds. The van der Waals surface area contributed by atoms with Crippen molar-refractivity contribution < 1.29 is 19.2 Å². The number of anilines is 1. The third-order valence-electron chi connectivity index (χ3n) is 4.09. The summed E-state index contributed by atoms with van der Waals surface area (Å²) in [6.07, 6.45) is 5.74. The molecule has 3 rings (SSSR count). The predicted octanol–water partition coefficient (Wildman–Crippen LogP) is 3.87. The number of methoxy groups -OCH3 is 1. The second-order valence-corrected chi connectivity index (χ2v) is 7.19. The second kappa shape index (κ2) is 10.6. The molecule has 0 fully saturated rings. The Morgan fingerprint density at radius 2 is 1.94 bits per heavy atom. The number of carbonyl (C=O) groups excluding carboxylic acids is 2. The van der Waals surface area contributed by atoms with Gasteiger partial charge in [0.1, 0.15) is 11.4 Å². The van der Waals surface area contributed by atoms with Gasteiger partial charge < -0.3 is 10.1 Å². The SMILES string of the molecule is COc1ccc(/C=C/C(=O)N/C(=C\c2cccc([N+](=O)[O-])c2)C(=O)Nc2nccs2)cc1. The molecule has 0 unspecified atom stereocenters. The van der Waals surface area contributed by atoms with Crippen LogP contribution in [0, 0.1) is 10.1 Å². The molecule has 3 aromatic rings. The first-order valence-electron chi connectivity index (χ1n) is 9.25. The standard InChI is InChI=1S/C22H18N4O5S/c1-31-18-8-5-15(6-9-18)7-10-20(27)24-19(21(28)25-22-23-11-12-32-22)14-16-3-2-4-17(13-16)26(29)30/h2-14H,1H3,(H,24,27)(H,23,25,28)/b10-7+,19-14-. The van der Waals surface area contributed by atoms with Crippen LogP contribution < -0.4 is 15.4 Å². The van der Waals surface area contributed by atoms with Gasteiger partial charge in [-0.1, -0.05) is 24.3 Å². The van der Waals surface area contributed by atoms with E-state index in [2.05, 4.69) is 15.6 Å². The number of amides is 2. The molecule has 162 valence electrons. The van der Waals surface area contributed by atoms with Crippen LogP contribution in [-0.4, -0.2) is 28.8 Å². The zero-order chi connectivity index (χ0) is 22.9. The van der Waals surface area contributed by atoms with E-state index < -0.39 is 16.7 Å². The van der Waals surface area contributed by atoms with E-state index in [1.54, 1.807) is 48.9 Å². The zero-order valence-electron chi connectivity index (χ0n) is 16.8. The van der Waals surface area contributed by atoms with Gasteiger partial charge in [0.25, 0.3) is 11.6 Å². The van der Waals surface area contributed by atoms with Gasteiger partial charge in [-0.05, 0) is 35.4 Å². The van der Waals surface area contributed by atoms with Crippen LogP contribution in [0.2, 0.25) is 0 Å². The normalized spacial score (nSPS) is 11.2. The molecule has 0 saturated heterocycles. The van der Waals surface area contributed by atoms with Crippen LogP contribution in [0.15, 0.2) is 71.9 Å². The summed E-state index contributed by atoms with van der Waals surface area (Å²) in [5.41, 5.74) is 0.912. The molecule has 2 N–H and O–H groups in total. The summed E-state index contributed by atoms with van der Waals surface area (Å²) in [5.74, 6) is -0.475. The lowest BCUT2D eigenvalue weighted by molar-refractivity contribution is -0.384. The van der Waals surface area contributed by atoms with Gasteiger partial charge in [-0.3, -0.25) is 25.0 Å². The minimum absolute atomic E-state index is 0.0925. The number of nitro benzene ring substituents is 1. The van der Waals surface area contributed by atoms with E-state index in [0.717, 1.165) is 5.56 Å². The Hall–Kier alpha value is -4.31. The number of ether oxygens (including phenoxy) is 1. The molecule has 0 atom stereocenters. The monoisotopic (exact) mass is 450 g/mol. The minimum atomic E-state index is -0.613. The summed E-state index contributed by atoms with van der Waals surface area (Å²) in [4.78, 5) is 39.7. The Morgan fingerprint density at radius 1 is 1.16 bits per heavy atom. The highest BCUT2D eigenvalue weighted by Crippen LogP contribution is 2.17. The number of nitro groups is 1. The molecule has 0 radical (unpaired) electrons. The molecule has 0 aliphatic heterocycles. The maximum atomic E-state index is 12.7. The van der Waals surface area contributed by atoms with Crippen LogP contribution in [0.25, 0.3) is 12.2 Å². The summed E-state index contributed by atoms with van der Waals surface area (Å²) < 4.78 is 5.09. The van der Waals surface area contributed by atoms with Crippen molar-refractivity contribution in [3.63, 3.8) is 0 Å². The van der Waals surface area contributed by atoms with Gasteiger partial charge >= 0.3 is 0 Å². The summed E-state index contributed by atoms with van der Waals surface area (Å²) in [6.45, 7) is 0. The van der Waals surface area contributed by atoms with E-state index in [4.69, 9.17) is 4.74 Å². The molecule has 1 heterocycles. The summed E-state index contributed by atoms with van der Waals surface area (Å²) in [5, 5.41) is 18.2. The van der Waals surface area contributed by atoms with E-state index in [9.17, 15) is 19.7 Å². The van der Waals surface area contributed by atoms with Crippen LogP contribution in [-0.2, 0) is 9.59 Å². The number of hydrogen-bond donors (Lipinski definition) is 2. The average Bonchev–Trinajstić information content (AvgIpc) is 3.30. The van der Waals surface area contributed by atoms with E-state index in [-0.39, 0.29) is 11.4 Å². The smallest absolute Gasteiger partial charge is 0.273 e. The van der Waals surface area contributed by atoms with Crippen LogP contribution in [0.5, 0.6) is 5.75 Å². The van der Waals surface area contributed by atoms with Gasteiger partial charge in [0, 0.05) is 29.8 Å². The first-order valence-corrected chi connectivity index (χ1v) is 10.1.